The quantitative estimate of drug-likeness (QED) is 0.288. The molecule has 6 heteroatoms. The molecule has 0 saturated carbocycles. The molecule has 0 atom stereocenters. The molecule has 16 heavy (non-hydrogen) atoms. The number of carboxylic acids is 1. The predicted octanol–water partition coefficient (Wildman–Crippen LogP) is 0.259. The normalized spacial score (nSPS) is 10.2. The van der Waals surface area contributed by atoms with Gasteiger partial charge in [-0.15, -0.1) is 0 Å². The summed E-state index contributed by atoms with van der Waals surface area (Å²) in [5, 5.41) is 11.3. The number of ether oxygens (including phenoxy) is 1. The molecule has 0 aliphatic carbocycles. The molecule has 0 aromatic rings. The number of rotatable bonds is 7. The summed E-state index contributed by atoms with van der Waals surface area (Å²) in [5.41, 5.74) is 0.679. The molecule has 88 valence electrons. The van der Waals surface area contributed by atoms with E-state index in [1.54, 1.807) is 13.8 Å². The Balaban J connectivity index is 0. The standard InChI is InChI=1S/C10H17NO4.Na.H/c1-3-15-10(14)7-8(2)11-6-4-5-9(12)13;;/h7,11H,3-6H2,1-2H3,(H,12,13);;. The van der Waals surface area contributed by atoms with Crippen LogP contribution in [-0.4, -0.2) is 59.8 Å². The van der Waals surface area contributed by atoms with Crippen LogP contribution < -0.4 is 5.32 Å². The van der Waals surface area contributed by atoms with Gasteiger partial charge in [0.2, 0.25) is 0 Å². The molecular weight excluding hydrogens is 221 g/mol. The summed E-state index contributed by atoms with van der Waals surface area (Å²) >= 11 is 0. The first-order valence-corrected chi connectivity index (χ1v) is 4.87. The topological polar surface area (TPSA) is 75.6 Å². The summed E-state index contributed by atoms with van der Waals surface area (Å²) in [6.07, 6.45) is 2.01. The van der Waals surface area contributed by atoms with Crippen LogP contribution in [0.3, 0.4) is 0 Å². The average molecular weight is 239 g/mol. The number of carbonyl (C=O) groups excluding carboxylic acids is 1. The van der Waals surface area contributed by atoms with E-state index in [0.717, 1.165) is 0 Å². The van der Waals surface area contributed by atoms with Crippen LogP contribution in [0.2, 0.25) is 0 Å². The number of nitrogens with one attached hydrogen (secondary N) is 1. The van der Waals surface area contributed by atoms with Crippen molar-refractivity contribution in [3.05, 3.63) is 11.8 Å². The fourth-order valence-corrected chi connectivity index (χ4v) is 0.937. The van der Waals surface area contributed by atoms with Gasteiger partial charge in [-0.1, -0.05) is 0 Å². The third kappa shape index (κ3) is 11.6. The van der Waals surface area contributed by atoms with Crippen molar-refractivity contribution in [1.82, 2.24) is 5.32 Å². The number of aliphatic carboxylic acids is 1. The van der Waals surface area contributed by atoms with Crippen molar-refractivity contribution in [2.75, 3.05) is 13.2 Å². The minimum absolute atomic E-state index is 0. The number of carboxylic acid groups (broad SMARTS) is 1. The molecule has 2 N–H and O–H groups in total. The first kappa shape index (κ1) is 17.9. The fourth-order valence-electron chi connectivity index (χ4n) is 0.937. The Morgan fingerprint density at radius 2 is 2.06 bits per heavy atom. The monoisotopic (exact) mass is 239 g/mol. The second kappa shape index (κ2) is 11.0. The van der Waals surface area contributed by atoms with E-state index in [2.05, 4.69) is 5.32 Å². The number of carbonyl (C=O) groups is 2. The van der Waals surface area contributed by atoms with Crippen LogP contribution in [0.4, 0.5) is 0 Å². The molecule has 0 bridgehead atoms. The van der Waals surface area contributed by atoms with Crippen molar-refractivity contribution in [3.8, 4) is 0 Å². The van der Waals surface area contributed by atoms with E-state index in [1.807, 2.05) is 0 Å². The van der Waals surface area contributed by atoms with Gasteiger partial charge in [-0.3, -0.25) is 4.79 Å². The van der Waals surface area contributed by atoms with Crippen molar-refractivity contribution < 1.29 is 19.4 Å². The van der Waals surface area contributed by atoms with Crippen LogP contribution in [0.15, 0.2) is 11.8 Å². The molecule has 0 fully saturated rings. The molecule has 0 aromatic heterocycles. The second-order valence-corrected chi connectivity index (χ2v) is 3.00. The van der Waals surface area contributed by atoms with E-state index in [0.29, 0.717) is 25.3 Å². The van der Waals surface area contributed by atoms with Crippen LogP contribution in [-0.2, 0) is 14.3 Å². The summed E-state index contributed by atoms with van der Waals surface area (Å²) in [7, 11) is 0. The van der Waals surface area contributed by atoms with Gasteiger partial charge in [0, 0.05) is 24.7 Å². The van der Waals surface area contributed by atoms with Gasteiger partial charge in [0.1, 0.15) is 0 Å². The number of hydrogen-bond donors (Lipinski definition) is 2. The Hall–Kier alpha value is -0.520. The SMILES string of the molecule is CCOC(=O)C=C(C)NCCCC(=O)O.[NaH]. The van der Waals surface area contributed by atoms with Crippen molar-refractivity contribution in [2.45, 2.75) is 26.7 Å². The van der Waals surface area contributed by atoms with E-state index in [1.165, 1.54) is 6.08 Å². The van der Waals surface area contributed by atoms with Crippen molar-refractivity contribution in [2.24, 2.45) is 0 Å². The molecular formula is C10H18NNaO4. The molecule has 0 radical (unpaired) electrons. The molecule has 0 unspecified atom stereocenters. The van der Waals surface area contributed by atoms with Crippen molar-refractivity contribution in [3.63, 3.8) is 0 Å². The molecule has 0 aliphatic rings. The Morgan fingerprint density at radius 1 is 1.44 bits per heavy atom. The summed E-state index contributed by atoms with van der Waals surface area (Å²) in [6.45, 7) is 4.36. The Labute approximate surface area is 118 Å². The van der Waals surface area contributed by atoms with E-state index in [-0.39, 0.29) is 41.9 Å². The van der Waals surface area contributed by atoms with Crippen LogP contribution in [0.25, 0.3) is 0 Å². The van der Waals surface area contributed by atoms with Crippen LogP contribution >= 0.6 is 0 Å². The van der Waals surface area contributed by atoms with Crippen LogP contribution in [0, 0.1) is 0 Å². The minimum atomic E-state index is -0.816. The van der Waals surface area contributed by atoms with Gasteiger partial charge >= 0.3 is 41.5 Å². The summed E-state index contributed by atoms with van der Waals surface area (Å²) in [5.74, 6) is -1.20. The van der Waals surface area contributed by atoms with E-state index >= 15 is 0 Å². The number of esters is 1. The third-order valence-corrected chi connectivity index (χ3v) is 1.59. The van der Waals surface area contributed by atoms with Crippen molar-refractivity contribution in [1.29, 1.82) is 0 Å². The molecule has 0 spiro atoms. The Bertz CT molecular complexity index is 253. The summed E-state index contributed by atoms with van der Waals surface area (Å²) in [4.78, 5) is 21.2. The van der Waals surface area contributed by atoms with Gasteiger partial charge < -0.3 is 15.2 Å². The second-order valence-electron chi connectivity index (χ2n) is 3.00. The Morgan fingerprint density at radius 3 is 2.56 bits per heavy atom. The molecule has 0 rings (SSSR count). The fraction of sp³-hybridized carbons (Fsp3) is 0.600. The number of allylic oxidation sites excluding steroid dienone is 1. The number of hydrogen-bond acceptors (Lipinski definition) is 4. The van der Waals surface area contributed by atoms with E-state index in [9.17, 15) is 9.59 Å². The zero-order chi connectivity index (χ0) is 11.7. The summed E-state index contributed by atoms with van der Waals surface area (Å²) in [6, 6.07) is 0. The first-order valence-electron chi connectivity index (χ1n) is 4.87. The zero-order valence-corrected chi connectivity index (χ0v) is 9.08. The molecule has 0 aromatic carbocycles. The predicted molar refractivity (Wildman–Crippen MR) is 62.4 cm³/mol. The summed E-state index contributed by atoms with van der Waals surface area (Å²) < 4.78 is 4.71. The van der Waals surface area contributed by atoms with Gasteiger partial charge in [0.25, 0.3) is 0 Å². The average Bonchev–Trinajstić information content (AvgIpc) is 2.12. The Kier molecular flexibility index (Phi) is 12.3. The molecule has 0 aliphatic heterocycles. The maximum absolute atomic E-state index is 11.0. The van der Waals surface area contributed by atoms with E-state index in [4.69, 9.17) is 9.84 Å². The molecule has 5 nitrogen and oxygen atoms in total. The van der Waals surface area contributed by atoms with Crippen LogP contribution in [0.1, 0.15) is 26.7 Å². The first-order chi connectivity index (χ1) is 7.06. The molecule has 0 heterocycles. The molecule has 0 amide bonds. The van der Waals surface area contributed by atoms with Crippen LogP contribution in [0.5, 0.6) is 0 Å². The zero-order valence-electron chi connectivity index (χ0n) is 9.08. The van der Waals surface area contributed by atoms with Gasteiger partial charge in [0.05, 0.1) is 6.61 Å². The van der Waals surface area contributed by atoms with Crippen molar-refractivity contribution >= 4 is 41.5 Å². The van der Waals surface area contributed by atoms with Gasteiger partial charge in [0.15, 0.2) is 0 Å². The van der Waals surface area contributed by atoms with Gasteiger partial charge in [-0.05, 0) is 20.3 Å². The van der Waals surface area contributed by atoms with E-state index < -0.39 is 5.97 Å². The third-order valence-electron chi connectivity index (χ3n) is 1.59. The maximum atomic E-state index is 11.0. The van der Waals surface area contributed by atoms with Gasteiger partial charge in [-0.2, -0.15) is 0 Å². The van der Waals surface area contributed by atoms with Gasteiger partial charge in [-0.25, -0.2) is 4.79 Å². The molecule has 0 saturated heterocycles.